The van der Waals surface area contributed by atoms with Crippen LogP contribution in [0.2, 0.25) is 0 Å². The molecule has 0 aromatic rings. The van der Waals surface area contributed by atoms with E-state index in [0.717, 1.165) is 31.6 Å². The molecule has 2 atom stereocenters. The number of hydrogen-bond donors (Lipinski definition) is 0. The average Bonchev–Trinajstić information content (AvgIpc) is 2.85. The summed E-state index contributed by atoms with van der Waals surface area (Å²) in [6.07, 6.45) is 10.3. The molecule has 3 heteroatoms. The minimum Gasteiger partial charge on any atom is -0.501 e. The molecule has 1 heterocycles. The van der Waals surface area contributed by atoms with Crippen molar-refractivity contribution in [3.05, 3.63) is 11.8 Å². The molecular weight excluding hydrogens is 208 g/mol. The zero-order valence-electron chi connectivity index (χ0n) is 9.24. The highest BCUT2D eigenvalue weighted by atomic mass is 32.2. The Morgan fingerprint density at radius 1 is 1.33 bits per heavy atom. The van der Waals surface area contributed by atoms with Crippen LogP contribution < -0.4 is 0 Å². The van der Waals surface area contributed by atoms with Crippen molar-refractivity contribution < 1.29 is 8.95 Å². The van der Waals surface area contributed by atoms with Gasteiger partial charge in [0, 0.05) is 21.8 Å². The SMILES string of the molecule is O=S1CCCC1CCOC=C1CCCC1. The fourth-order valence-electron chi connectivity index (χ4n) is 2.35. The molecule has 2 fully saturated rings. The third kappa shape index (κ3) is 3.33. The van der Waals surface area contributed by atoms with Crippen LogP contribution in [0.5, 0.6) is 0 Å². The fourth-order valence-corrected chi connectivity index (χ4v) is 3.92. The van der Waals surface area contributed by atoms with Crippen molar-refractivity contribution >= 4 is 10.8 Å². The van der Waals surface area contributed by atoms with Gasteiger partial charge in [-0.05, 0) is 50.5 Å². The number of allylic oxidation sites excluding steroid dienone is 1. The van der Waals surface area contributed by atoms with Crippen molar-refractivity contribution in [3.63, 3.8) is 0 Å². The van der Waals surface area contributed by atoms with Gasteiger partial charge in [-0.3, -0.25) is 4.21 Å². The van der Waals surface area contributed by atoms with Gasteiger partial charge in [0.05, 0.1) is 12.9 Å². The first-order valence-electron chi connectivity index (χ1n) is 6.03. The standard InChI is InChI=1S/C12H20O2S/c13-15-9-3-6-12(15)7-8-14-10-11-4-1-2-5-11/h10,12H,1-9H2. The van der Waals surface area contributed by atoms with Crippen LogP contribution in [0.25, 0.3) is 0 Å². The molecule has 1 aliphatic heterocycles. The topological polar surface area (TPSA) is 26.3 Å². The Morgan fingerprint density at radius 3 is 2.80 bits per heavy atom. The third-order valence-corrected chi connectivity index (χ3v) is 5.20. The molecule has 2 unspecified atom stereocenters. The van der Waals surface area contributed by atoms with E-state index in [0.29, 0.717) is 5.25 Å². The predicted octanol–water partition coefficient (Wildman–Crippen LogP) is 2.76. The molecule has 86 valence electrons. The van der Waals surface area contributed by atoms with E-state index in [1.54, 1.807) is 0 Å². The molecule has 0 N–H and O–H groups in total. The summed E-state index contributed by atoms with van der Waals surface area (Å²) in [6, 6.07) is 0. The van der Waals surface area contributed by atoms with Crippen molar-refractivity contribution in [3.8, 4) is 0 Å². The van der Waals surface area contributed by atoms with E-state index >= 15 is 0 Å². The zero-order chi connectivity index (χ0) is 10.5. The molecule has 0 aromatic carbocycles. The fraction of sp³-hybridized carbons (Fsp3) is 0.833. The van der Waals surface area contributed by atoms with Gasteiger partial charge < -0.3 is 4.74 Å². The summed E-state index contributed by atoms with van der Waals surface area (Å²) in [5.74, 6) is 0.908. The summed E-state index contributed by atoms with van der Waals surface area (Å²) >= 11 is 0. The van der Waals surface area contributed by atoms with Gasteiger partial charge >= 0.3 is 0 Å². The van der Waals surface area contributed by atoms with Crippen LogP contribution in [-0.4, -0.2) is 21.8 Å². The molecule has 2 rings (SSSR count). The Morgan fingerprint density at radius 2 is 2.13 bits per heavy atom. The number of rotatable bonds is 4. The smallest absolute Gasteiger partial charge is 0.0884 e. The molecule has 0 aromatic heterocycles. The van der Waals surface area contributed by atoms with E-state index in [2.05, 4.69) is 0 Å². The van der Waals surface area contributed by atoms with Crippen LogP contribution >= 0.6 is 0 Å². The first-order valence-corrected chi connectivity index (χ1v) is 7.41. The minimum absolute atomic E-state index is 0.409. The lowest BCUT2D eigenvalue weighted by molar-refractivity contribution is 0.239. The third-order valence-electron chi connectivity index (χ3n) is 3.30. The summed E-state index contributed by atoms with van der Waals surface area (Å²) in [4.78, 5) is 0. The van der Waals surface area contributed by atoms with Gasteiger partial charge in [0.25, 0.3) is 0 Å². The van der Waals surface area contributed by atoms with Crippen LogP contribution in [0.15, 0.2) is 11.8 Å². The molecule has 0 bridgehead atoms. The maximum Gasteiger partial charge on any atom is 0.0884 e. The highest BCUT2D eigenvalue weighted by Gasteiger charge is 2.22. The van der Waals surface area contributed by atoms with Crippen LogP contribution in [-0.2, 0) is 15.5 Å². The van der Waals surface area contributed by atoms with Gasteiger partial charge in [0.1, 0.15) is 0 Å². The molecule has 15 heavy (non-hydrogen) atoms. The monoisotopic (exact) mass is 228 g/mol. The van der Waals surface area contributed by atoms with Crippen LogP contribution in [0, 0.1) is 0 Å². The van der Waals surface area contributed by atoms with E-state index < -0.39 is 10.8 Å². The van der Waals surface area contributed by atoms with Gasteiger partial charge in [-0.2, -0.15) is 0 Å². The summed E-state index contributed by atoms with van der Waals surface area (Å²) in [7, 11) is -0.567. The molecule has 2 aliphatic rings. The predicted molar refractivity (Wildman–Crippen MR) is 63.2 cm³/mol. The van der Waals surface area contributed by atoms with Crippen LogP contribution in [0.1, 0.15) is 44.9 Å². The van der Waals surface area contributed by atoms with Gasteiger partial charge in [0.2, 0.25) is 0 Å². The van der Waals surface area contributed by atoms with Crippen LogP contribution in [0.3, 0.4) is 0 Å². The summed E-state index contributed by atoms with van der Waals surface area (Å²) in [5.41, 5.74) is 1.46. The Hall–Kier alpha value is -0.310. The second kappa shape index (κ2) is 5.69. The Kier molecular flexibility index (Phi) is 4.24. The van der Waals surface area contributed by atoms with E-state index in [-0.39, 0.29) is 0 Å². The van der Waals surface area contributed by atoms with Gasteiger partial charge in [0.15, 0.2) is 0 Å². The summed E-state index contributed by atoms with van der Waals surface area (Å²) in [6.45, 7) is 0.750. The maximum absolute atomic E-state index is 11.5. The largest absolute Gasteiger partial charge is 0.501 e. The van der Waals surface area contributed by atoms with Crippen molar-refractivity contribution in [1.82, 2.24) is 0 Å². The first kappa shape index (κ1) is 11.2. The second-order valence-corrected chi connectivity index (χ2v) is 6.33. The first-order chi connectivity index (χ1) is 7.36. The lowest BCUT2D eigenvalue weighted by Gasteiger charge is -2.07. The molecule has 0 radical (unpaired) electrons. The lowest BCUT2D eigenvalue weighted by Crippen LogP contribution is -2.11. The molecule has 1 aliphatic carbocycles. The minimum atomic E-state index is -0.567. The molecule has 1 saturated carbocycles. The van der Waals surface area contributed by atoms with E-state index in [9.17, 15) is 4.21 Å². The van der Waals surface area contributed by atoms with Gasteiger partial charge in [-0.15, -0.1) is 0 Å². The Bertz CT molecular complexity index is 252. The van der Waals surface area contributed by atoms with Crippen molar-refractivity contribution in [2.75, 3.05) is 12.4 Å². The zero-order valence-corrected chi connectivity index (χ0v) is 10.1. The normalized spacial score (nSPS) is 30.8. The molecule has 0 spiro atoms. The van der Waals surface area contributed by atoms with Gasteiger partial charge in [-0.25, -0.2) is 0 Å². The van der Waals surface area contributed by atoms with Gasteiger partial charge in [-0.1, -0.05) is 0 Å². The van der Waals surface area contributed by atoms with E-state index in [4.69, 9.17) is 4.74 Å². The van der Waals surface area contributed by atoms with Crippen LogP contribution in [0.4, 0.5) is 0 Å². The highest BCUT2D eigenvalue weighted by Crippen LogP contribution is 2.24. The molecule has 1 saturated heterocycles. The molecular formula is C12H20O2S. The highest BCUT2D eigenvalue weighted by molar-refractivity contribution is 7.85. The van der Waals surface area contributed by atoms with Crippen molar-refractivity contribution in [1.29, 1.82) is 0 Å². The Balaban J connectivity index is 1.62. The second-order valence-electron chi connectivity index (χ2n) is 4.49. The van der Waals surface area contributed by atoms with E-state index in [1.807, 2.05) is 6.26 Å². The Labute approximate surface area is 94.5 Å². The van der Waals surface area contributed by atoms with Crippen molar-refractivity contribution in [2.24, 2.45) is 0 Å². The molecule has 0 amide bonds. The lowest BCUT2D eigenvalue weighted by atomic mass is 10.2. The average molecular weight is 228 g/mol. The maximum atomic E-state index is 11.5. The quantitative estimate of drug-likeness (QED) is 0.546. The summed E-state index contributed by atoms with van der Waals surface area (Å²) < 4.78 is 17.0. The van der Waals surface area contributed by atoms with Crippen molar-refractivity contribution in [2.45, 2.75) is 50.2 Å². The summed E-state index contributed by atoms with van der Waals surface area (Å²) in [5, 5.41) is 0.409. The van der Waals surface area contributed by atoms with E-state index in [1.165, 1.54) is 31.3 Å². The number of ether oxygens (including phenoxy) is 1. The molecule has 2 nitrogen and oxygen atoms in total. The number of hydrogen-bond acceptors (Lipinski definition) is 2.